The molecule has 1 rings (SSSR count). The molecule has 0 radical (unpaired) electrons. The third-order valence-corrected chi connectivity index (χ3v) is 2.02. The van der Waals surface area contributed by atoms with E-state index in [9.17, 15) is 9.59 Å². The van der Waals surface area contributed by atoms with Crippen molar-refractivity contribution in [2.75, 3.05) is 6.61 Å². The van der Waals surface area contributed by atoms with Crippen LogP contribution in [-0.4, -0.2) is 34.7 Å². The molecule has 3 N–H and O–H groups in total. The molecule has 5 nitrogen and oxygen atoms in total. The fourth-order valence-corrected chi connectivity index (χ4v) is 1.14. The molecule has 1 unspecified atom stereocenters. The van der Waals surface area contributed by atoms with E-state index in [1.807, 2.05) is 30.3 Å². The Hall–Kier alpha value is -2.14. The van der Waals surface area contributed by atoms with Crippen LogP contribution in [0.2, 0.25) is 0 Å². The van der Waals surface area contributed by atoms with Gasteiger partial charge in [0.1, 0.15) is 0 Å². The minimum atomic E-state index is -1.28. The number of hydrogen-bond acceptors (Lipinski definition) is 3. The van der Waals surface area contributed by atoms with Crippen molar-refractivity contribution < 1.29 is 19.8 Å². The van der Waals surface area contributed by atoms with E-state index in [1.54, 1.807) is 6.08 Å². The summed E-state index contributed by atoms with van der Waals surface area (Å²) in [7, 11) is 0. The van der Waals surface area contributed by atoms with E-state index in [0.717, 1.165) is 5.56 Å². The van der Waals surface area contributed by atoms with Crippen LogP contribution >= 0.6 is 0 Å². The number of amides is 1. The average molecular weight is 235 g/mol. The van der Waals surface area contributed by atoms with Crippen molar-refractivity contribution in [2.24, 2.45) is 0 Å². The predicted molar refractivity (Wildman–Crippen MR) is 62.1 cm³/mol. The maximum Gasteiger partial charge on any atom is 0.328 e. The molecule has 90 valence electrons. The summed E-state index contributed by atoms with van der Waals surface area (Å²) in [6.45, 7) is -0.639. The van der Waals surface area contributed by atoms with Crippen molar-refractivity contribution >= 4 is 18.0 Å². The molecule has 1 aromatic carbocycles. The van der Waals surface area contributed by atoms with Gasteiger partial charge in [-0.1, -0.05) is 30.3 Å². The first kappa shape index (κ1) is 12.9. The van der Waals surface area contributed by atoms with Gasteiger partial charge in [0, 0.05) is 6.08 Å². The Morgan fingerprint density at radius 3 is 2.47 bits per heavy atom. The average Bonchev–Trinajstić information content (AvgIpc) is 2.34. The van der Waals surface area contributed by atoms with Crippen LogP contribution in [0.1, 0.15) is 5.56 Å². The fourth-order valence-electron chi connectivity index (χ4n) is 1.14. The molecule has 0 aliphatic heterocycles. The molecule has 5 heteroatoms. The summed E-state index contributed by atoms with van der Waals surface area (Å²) < 4.78 is 0. The number of aliphatic carboxylic acids is 1. The van der Waals surface area contributed by atoms with Gasteiger partial charge in [-0.3, -0.25) is 4.79 Å². The number of benzene rings is 1. The lowest BCUT2D eigenvalue weighted by molar-refractivity contribution is -0.142. The molecule has 0 aliphatic rings. The van der Waals surface area contributed by atoms with E-state index in [1.165, 1.54) is 6.08 Å². The van der Waals surface area contributed by atoms with E-state index in [4.69, 9.17) is 10.2 Å². The SMILES string of the molecule is O=C(/C=C/c1ccccc1)NC(CO)C(=O)O. The largest absolute Gasteiger partial charge is 0.480 e. The van der Waals surface area contributed by atoms with E-state index < -0.39 is 24.5 Å². The van der Waals surface area contributed by atoms with Gasteiger partial charge in [-0.15, -0.1) is 0 Å². The summed E-state index contributed by atoms with van der Waals surface area (Å²) in [6.07, 6.45) is 2.78. The highest BCUT2D eigenvalue weighted by Crippen LogP contribution is 2.00. The molecule has 0 fully saturated rings. The van der Waals surface area contributed by atoms with Crippen LogP contribution in [0.25, 0.3) is 6.08 Å². The summed E-state index contributed by atoms with van der Waals surface area (Å²) >= 11 is 0. The highest BCUT2D eigenvalue weighted by Gasteiger charge is 2.16. The number of aliphatic hydroxyl groups excluding tert-OH is 1. The van der Waals surface area contributed by atoms with Crippen LogP contribution in [0.15, 0.2) is 36.4 Å². The first-order valence-electron chi connectivity index (χ1n) is 5.01. The lowest BCUT2D eigenvalue weighted by Crippen LogP contribution is -2.42. The zero-order valence-electron chi connectivity index (χ0n) is 9.04. The third kappa shape index (κ3) is 4.48. The zero-order chi connectivity index (χ0) is 12.7. The summed E-state index contributed by atoms with van der Waals surface area (Å²) in [6, 6.07) is 7.85. The van der Waals surface area contributed by atoms with Crippen molar-refractivity contribution in [1.29, 1.82) is 0 Å². The van der Waals surface area contributed by atoms with Gasteiger partial charge in [-0.2, -0.15) is 0 Å². The molecule has 0 spiro atoms. The monoisotopic (exact) mass is 235 g/mol. The van der Waals surface area contributed by atoms with Gasteiger partial charge >= 0.3 is 5.97 Å². The Balaban J connectivity index is 2.55. The van der Waals surface area contributed by atoms with Crippen molar-refractivity contribution in [2.45, 2.75) is 6.04 Å². The van der Waals surface area contributed by atoms with Crippen LogP contribution in [0.4, 0.5) is 0 Å². The number of carboxylic acid groups (broad SMARTS) is 1. The smallest absolute Gasteiger partial charge is 0.328 e. The third-order valence-electron chi connectivity index (χ3n) is 2.02. The first-order valence-corrected chi connectivity index (χ1v) is 5.01. The summed E-state index contributed by atoms with van der Waals surface area (Å²) in [4.78, 5) is 21.9. The van der Waals surface area contributed by atoms with Gasteiger partial charge in [0.05, 0.1) is 6.61 Å². The van der Waals surface area contributed by atoms with E-state index in [2.05, 4.69) is 5.32 Å². The van der Waals surface area contributed by atoms with Crippen molar-refractivity contribution in [3.05, 3.63) is 42.0 Å². The molecule has 1 aromatic rings. The first-order chi connectivity index (χ1) is 8.13. The Morgan fingerprint density at radius 1 is 1.29 bits per heavy atom. The molecule has 1 atom stereocenters. The number of carbonyl (C=O) groups is 2. The highest BCUT2D eigenvalue weighted by molar-refractivity contribution is 5.94. The molecule has 0 saturated carbocycles. The molecule has 0 aliphatic carbocycles. The zero-order valence-corrected chi connectivity index (χ0v) is 9.04. The molecule has 0 saturated heterocycles. The number of rotatable bonds is 5. The molecule has 0 bridgehead atoms. The second-order valence-corrected chi connectivity index (χ2v) is 3.33. The Labute approximate surface area is 98.4 Å². The van der Waals surface area contributed by atoms with E-state index >= 15 is 0 Å². The van der Waals surface area contributed by atoms with Gasteiger partial charge in [0.2, 0.25) is 5.91 Å². The number of hydrogen-bond donors (Lipinski definition) is 3. The standard InChI is InChI=1S/C12H13NO4/c14-8-10(12(16)17)13-11(15)7-6-9-4-2-1-3-5-9/h1-7,10,14H,8H2,(H,13,15)(H,16,17)/b7-6+. The molecule has 0 aromatic heterocycles. The Bertz CT molecular complexity index is 414. The maximum absolute atomic E-state index is 11.3. The van der Waals surface area contributed by atoms with E-state index in [0.29, 0.717) is 0 Å². The summed E-state index contributed by atoms with van der Waals surface area (Å²) in [5.74, 6) is -1.83. The molecule has 1 amide bonds. The van der Waals surface area contributed by atoms with Gasteiger partial charge < -0.3 is 15.5 Å². The van der Waals surface area contributed by atoms with Crippen LogP contribution in [0.5, 0.6) is 0 Å². The number of aliphatic hydroxyl groups is 1. The van der Waals surface area contributed by atoms with Crippen LogP contribution in [0, 0.1) is 0 Å². The molecular weight excluding hydrogens is 222 g/mol. The lowest BCUT2D eigenvalue weighted by Gasteiger charge is -2.08. The lowest BCUT2D eigenvalue weighted by atomic mass is 10.2. The summed E-state index contributed by atoms with van der Waals surface area (Å²) in [5.41, 5.74) is 0.832. The van der Waals surface area contributed by atoms with Crippen molar-refractivity contribution in [3.8, 4) is 0 Å². The second kappa shape index (κ2) is 6.44. The quantitative estimate of drug-likeness (QED) is 0.639. The van der Waals surface area contributed by atoms with E-state index in [-0.39, 0.29) is 0 Å². The molecule has 0 heterocycles. The van der Waals surface area contributed by atoms with Crippen LogP contribution < -0.4 is 5.32 Å². The number of nitrogens with one attached hydrogen (secondary N) is 1. The minimum Gasteiger partial charge on any atom is -0.480 e. The molecular formula is C12H13NO4. The topological polar surface area (TPSA) is 86.6 Å². The van der Waals surface area contributed by atoms with Gasteiger partial charge in [-0.25, -0.2) is 4.79 Å². The predicted octanol–water partition coefficient (Wildman–Crippen LogP) is 0.261. The normalized spacial score (nSPS) is 12.3. The van der Waals surface area contributed by atoms with Gasteiger partial charge in [0.15, 0.2) is 6.04 Å². The van der Waals surface area contributed by atoms with Gasteiger partial charge in [-0.05, 0) is 11.6 Å². The maximum atomic E-state index is 11.3. The Kier molecular flexibility index (Phi) is 4.90. The van der Waals surface area contributed by atoms with Crippen molar-refractivity contribution in [3.63, 3.8) is 0 Å². The van der Waals surface area contributed by atoms with Crippen LogP contribution in [-0.2, 0) is 9.59 Å². The fraction of sp³-hybridized carbons (Fsp3) is 0.167. The van der Waals surface area contributed by atoms with Crippen molar-refractivity contribution in [1.82, 2.24) is 5.32 Å². The summed E-state index contributed by atoms with van der Waals surface area (Å²) in [5, 5.41) is 19.5. The Morgan fingerprint density at radius 2 is 1.94 bits per heavy atom. The highest BCUT2D eigenvalue weighted by atomic mass is 16.4. The minimum absolute atomic E-state index is 0.560. The van der Waals surface area contributed by atoms with Crippen LogP contribution in [0.3, 0.4) is 0 Å². The number of carboxylic acids is 1. The van der Waals surface area contributed by atoms with Gasteiger partial charge in [0.25, 0.3) is 0 Å². The molecule has 17 heavy (non-hydrogen) atoms. The number of carbonyl (C=O) groups excluding carboxylic acids is 1. The second-order valence-electron chi connectivity index (χ2n) is 3.33.